The molecule has 0 aliphatic heterocycles. The normalized spacial score (nSPS) is 12.7. The summed E-state index contributed by atoms with van der Waals surface area (Å²) in [4.78, 5) is 0. The predicted octanol–water partition coefficient (Wildman–Crippen LogP) is 5.54. The molecule has 0 saturated heterocycles. The number of hydrogen-bond donors (Lipinski definition) is 1. The molecule has 1 nitrogen and oxygen atoms in total. The van der Waals surface area contributed by atoms with E-state index in [0.717, 1.165) is 18.2 Å². The molecule has 0 radical (unpaired) electrons. The Morgan fingerprint density at radius 2 is 2.00 bits per heavy atom. The summed E-state index contributed by atoms with van der Waals surface area (Å²) in [5, 5.41) is 4.14. The highest BCUT2D eigenvalue weighted by Gasteiger charge is 2.18. The van der Waals surface area contributed by atoms with E-state index in [0.29, 0.717) is 0 Å². The van der Waals surface area contributed by atoms with Crippen LogP contribution in [0.1, 0.15) is 22.7 Å². The summed E-state index contributed by atoms with van der Waals surface area (Å²) in [6.45, 7) is 2.01. The average Bonchev–Trinajstić information content (AvgIpc) is 2.64. The second kappa shape index (κ2) is 6.06. The van der Waals surface area contributed by atoms with E-state index in [4.69, 9.17) is 11.6 Å². The van der Waals surface area contributed by atoms with Gasteiger partial charge in [-0.05, 0) is 74.7 Å². The Labute approximate surface area is 133 Å². The number of nitrogens with one attached hydrogen (secondary N) is 1. The average molecular weight is 410 g/mol. The molecule has 0 bridgehead atoms. The summed E-state index contributed by atoms with van der Waals surface area (Å²) in [5.41, 5.74) is 3.48. The highest BCUT2D eigenvalue weighted by molar-refractivity contribution is 9.12. The number of rotatable bonds is 3. The standard InChI is InChI=1S/C13H12Br2ClNS/c1-7-3-4-8(5-10(7)16)12(17-2)9-6-11(14)18-13(9)15/h3-6,12,17H,1-2H3. The molecule has 18 heavy (non-hydrogen) atoms. The topological polar surface area (TPSA) is 12.0 Å². The van der Waals surface area contributed by atoms with Gasteiger partial charge in [-0.1, -0.05) is 23.7 Å². The molecule has 0 aliphatic carbocycles. The van der Waals surface area contributed by atoms with Gasteiger partial charge in [-0.2, -0.15) is 0 Å². The van der Waals surface area contributed by atoms with Crippen molar-refractivity contribution in [1.82, 2.24) is 5.32 Å². The van der Waals surface area contributed by atoms with Crippen LogP contribution in [0.3, 0.4) is 0 Å². The molecule has 1 aromatic carbocycles. The van der Waals surface area contributed by atoms with Gasteiger partial charge in [0, 0.05) is 5.02 Å². The first-order chi connectivity index (χ1) is 8.52. The van der Waals surface area contributed by atoms with E-state index >= 15 is 0 Å². The first-order valence-electron chi connectivity index (χ1n) is 5.41. The van der Waals surface area contributed by atoms with Gasteiger partial charge in [0.05, 0.1) is 13.6 Å². The Kier molecular flexibility index (Phi) is 4.89. The Hall–Kier alpha value is 0.130. The number of benzene rings is 1. The molecule has 0 aliphatic rings. The van der Waals surface area contributed by atoms with E-state index in [2.05, 4.69) is 55.4 Å². The Bertz CT molecular complexity index is 568. The van der Waals surface area contributed by atoms with Crippen LogP contribution >= 0.6 is 54.8 Å². The molecule has 0 saturated carbocycles. The van der Waals surface area contributed by atoms with Crippen LogP contribution < -0.4 is 5.32 Å². The first kappa shape index (κ1) is 14.5. The predicted molar refractivity (Wildman–Crippen MR) is 86.8 cm³/mol. The molecule has 1 aromatic heterocycles. The van der Waals surface area contributed by atoms with E-state index in [1.54, 1.807) is 11.3 Å². The van der Waals surface area contributed by atoms with Crippen molar-refractivity contribution in [1.29, 1.82) is 0 Å². The summed E-state index contributed by atoms with van der Waals surface area (Å²) in [7, 11) is 1.95. The lowest BCUT2D eigenvalue weighted by Gasteiger charge is -2.17. The monoisotopic (exact) mass is 407 g/mol. The van der Waals surface area contributed by atoms with Crippen molar-refractivity contribution in [3.63, 3.8) is 0 Å². The molecule has 96 valence electrons. The molecule has 5 heteroatoms. The molecular weight excluding hydrogens is 397 g/mol. The van der Waals surface area contributed by atoms with Crippen molar-refractivity contribution < 1.29 is 0 Å². The Balaban J connectivity index is 2.45. The molecule has 2 rings (SSSR count). The zero-order valence-corrected chi connectivity index (χ0v) is 14.7. The zero-order chi connectivity index (χ0) is 13.3. The number of thiophene rings is 1. The van der Waals surface area contributed by atoms with Crippen molar-refractivity contribution >= 4 is 54.8 Å². The molecule has 1 atom stereocenters. The van der Waals surface area contributed by atoms with Crippen LogP contribution in [-0.2, 0) is 0 Å². The van der Waals surface area contributed by atoms with Crippen molar-refractivity contribution in [2.24, 2.45) is 0 Å². The summed E-state index contributed by atoms with van der Waals surface area (Å²) in [6.07, 6.45) is 0. The lowest BCUT2D eigenvalue weighted by molar-refractivity contribution is 0.691. The van der Waals surface area contributed by atoms with Gasteiger partial charge in [0.1, 0.15) is 0 Å². The molecular formula is C13H12Br2ClNS. The smallest absolute Gasteiger partial charge is 0.0761 e. The molecule has 0 fully saturated rings. The maximum absolute atomic E-state index is 6.20. The van der Waals surface area contributed by atoms with Crippen molar-refractivity contribution in [2.75, 3.05) is 7.05 Å². The van der Waals surface area contributed by atoms with Crippen LogP contribution in [0.4, 0.5) is 0 Å². The number of aryl methyl sites for hydroxylation is 1. The molecule has 0 amide bonds. The van der Waals surface area contributed by atoms with E-state index in [9.17, 15) is 0 Å². The van der Waals surface area contributed by atoms with E-state index in [1.807, 2.05) is 20.0 Å². The van der Waals surface area contributed by atoms with Gasteiger partial charge in [0.25, 0.3) is 0 Å². The van der Waals surface area contributed by atoms with Crippen LogP contribution in [0.15, 0.2) is 31.8 Å². The highest BCUT2D eigenvalue weighted by Crippen LogP contribution is 2.38. The second-order valence-corrected chi connectivity index (χ2v) is 8.17. The van der Waals surface area contributed by atoms with E-state index < -0.39 is 0 Å². The van der Waals surface area contributed by atoms with Gasteiger partial charge in [-0.3, -0.25) is 0 Å². The van der Waals surface area contributed by atoms with Gasteiger partial charge in [0.15, 0.2) is 0 Å². The van der Waals surface area contributed by atoms with Crippen LogP contribution in [0.5, 0.6) is 0 Å². The molecule has 0 spiro atoms. The molecule has 2 aromatic rings. The van der Waals surface area contributed by atoms with Gasteiger partial charge in [-0.25, -0.2) is 0 Å². The maximum Gasteiger partial charge on any atom is 0.0761 e. The Morgan fingerprint density at radius 3 is 2.50 bits per heavy atom. The SMILES string of the molecule is CNC(c1ccc(C)c(Cl)c1)c1cc(Br)sc1Br. The Morgan fingerprint density at radius 1 is 1.28 bits per heavy atom. The summed E-state index contributed by atoms with van der Waals surface area (Å²) < 4.78 is 2.24. The molecule has 1 N–H and O–H groups in total. The highest BCUT2D eigenvalue weighted by atomic mass is 79.9. The zero-order valence-electron chi connectivity index (χ0n) is 9.93. The van der Waals surface area contributed by atoms with E-state index in [1.165, 1.54) is 11.1 Å². The number of hydrogen-bond acceptors (Lipinski definition) is 2. The van der Waals surface area contributed by atoms with Crippen molar-refractivity contribution in [3.8, 4) is 0 Å². The third-order valence-electron chi connectivity index (χ3n) is 2.81. The van der Waals surface area contributed by atoms with Crippen LogP contribution in [0, 0.1) is 6.92 Å². The summed E-state index contributed by atoms with van der Waals surface area (Å²) in [6, 6.07) is 8.46. The molecule has 1 heterocycles. The fourth-order valence-electron chi connectivity index (χ4n) is 1.84. The van der Waals surface area contributed by atoms with Crippen LogP contribution in [0.2, 0.25) is 5.02 Å². The minimum atomic E-state index is 0.139. The first-order valence-corrected chi connectivity index (χ1v) is 8.19. The summed E-state index contributed by atoms with van der Waals surface area (Å²) in [5.74, 6) is 0. The fraction of sp³-hybridized carbons (Fsp3) is 0.231. The van der Waals surface area contributed by atoms with E-state index in [-0.39, 0.29) is 6.04 Å². The van der Waals surface area contributed by atoms with Crippen molar-refractivity contribution in [2.45, 2.75) is 13.0 Å². The summed E-state index contributed by atoms with van der Waals surface area (Å²) >= 11 is 15.0. The van der Waals surface area contributed by atoms with Crippen LogP contribution in [-0.4, -0.2) is 7.05 Å². The quantitative estimate of drug-likeness (QED) is 0.701. The lowest BCUT2D eigenvalue weighted by Crippen LogP contribution is -2.17. The maximum atomic E-state index is 6.20. The van der Waals surface area contributed by atoms with Crippen LogP contribution in [0.25, 0.3) is 0 Å². The third kappa shape index (κ3) is 2.99. The number of halogens is 3. The second-order valence-electron chi connectivity index (χ2n) is 4.01. The van der Waals surface area contributed by atoms with Gasteiger partial charge >= 0.3 is 0 Å². The molecule has 1 unspecified atom stereocenters. The lowest BCUT2D eigenvalue weighted by atomic mass is 10.0. The minimum Gasteiger partial charge on any atom is -0.309 e. The van der Waals surface area contributed by atoms with Gasteiger partial charge < -0.3 is 5.32 Å². The largest absolute Gasteiger partial charge is 0.309 e. The van der Waals surface area contributed by atoms with Crippen molar-refractivity contribution in [3.05, 3.63) is 53.6 Å². The van der Waals surface area contributed by atoms with Gasteiger partial charge in [0.2, 0.25) is 0 Å². The minimum absolute atomic E-state index is 0.139. The fourth-order valence-corrected chi connectivity index (χ4v) is 4.93. The van der Waals surface area contributed by atoms with Gasteiger partial charge in [-0.15, -0.1) is 11.3 Å². The third-order valence-corrected chi connectivity index (χ3v) is 5.60.